The van der Waals surface area contributed by atoms with Crippen LogP contribution in [0, 0.1) is 0 Å². The normalized spacial score (nSPS) is 11.6. The molecule has 0 amide bonds. The van der Waals surface area contributed by atoms with Gasteiger partial charge in [0.05, 0.1) is 16.7 Å². The van der Waals surface area contributed by atoms with Gasteiger partial charge in [-0.2, -0.15) is 5.10 Å². The zero-order valence-corrected chi connectivity index (χ0v) is 15.6. The molecule has 0 N–H and O–H groups in total. The van der Waals surface area contributed by atoms with Gasteiger partial charge in [0, 0.05) is 24.0 Å². The van der Waals surface area contributed by atoms with Gasteiger partial charge in [-0.25, -0.2) is 0 Å². The highest BCUT2D eigenvalue weighted by Gasteiger charge is 2.10. The van der Waals surface area contributed by atoms with Crippen LogP contribution in [0.4, 0.5) is 0 Å². The average Bonchev–Trinajstić information content (AvgIpc) is 3.07. The Labute approximate surface area is 163 Å². The Morgan fingerprint density at radius 2 is 1.61 bits per heavy atom. The van der Waals surface area contributed by atoms with Crippen molar-refractivity contribution < 1.29 is 0 Å². The van der Waals surface area contributed by atoms with Gasteiger partial charge in [-0.05, 0) is 47.0 Å². The molecule has 28 heavy (non-hydrogen) atoms. The van der Waals surface area contributed by atoms with Gasteiger partial charge >= 0.3 is 0 Å². The van der Waals surface area contributed by atoms with Gasteiger partial charge in [0.25, 0.3) is 0 Å². The highest BCUT2D eigenvalue weighted by atomic mass is 15.3. The minimum atomic E-state index is 0.974. The number of hydrogen-bond acceptors (Lipinski definition) is 2. The first-order valence-electron chi connectivity index (χ1n) is 9.33. The van der Waals surface area contributed by atoms with Gasteiger partial charge in [0.1, 0.15) is 0 Å². The summed E-state index contributed by atoms with van der Waals surface area (Å²) < 4.78 is 1.94. The fourth-order valence-electron chi connectivity index (χ4n) is 3.67. The lowest BCUT2D eigenvalue weighted by Crippen LogP contribution is -1.89. The SMILES string of the molecule is Cn1nc(/C=C/c2ccccc2)c2cc(-c3ccnc4ccccc34)ccc21. The van der Waals surface area contributed by atoms with Crippen molar-refractivity contribution in [2.24, 2.45) is 7.05 Å². The molecule has 0 saturated heterocycles. The van der Waals surface area contributed by atoms with Crippen LogP contribution < -0.4 is 0 Å². The predicted octanol–water partition coefficient (Wildman–Crippen LogP) is 5.96. The number of nitrogens with zero attached hydrogens (tertiary/aromatic N) is 3. The van der Waals surface area contributed by atoms with E-state index in [1.807, 2.05) is 42.2 Å². The summed E-state index contributed by atoms with van der Waals surface area (Å²) in [6, 6.07) is 27.2. The highest BCUT2D eigenvalue weighted by molar-refractivity contribution is 5.98. The van der Waals surface area contributed by atoms with Crippen molar-refractivity contribution in [2.75, 3.05) is 0 Å². The van der Waals surface area contributed by atoms with Crippen molar-refractivity contribution in [2.45, 2.75) is 0 Å². The molecule has 3 aromatic carbocycles. The quantitative estimate of drug-likeness (QED) is 0.397. The van der Waals surface area contributed by atoms with Crippen LogP contribution in [-0.2, 0) is 7.05 Å². The van der Waals surface area contributed by atoms with Crippen molar-refractivity contribution in [3.05, 3.63) is 96.3 Å². The van der Waals surface area contributed by atoms with Gasteiger partial charge in [-0.3, -0.25) is 9.67 Å². The third-order valence-corrected chi connectivity index (χ3v) is 5.07. The second-order valence-electron chi connectivity index (χ2n) is 6.86. The molecular formula is C25H19N3. The fraction of sp³-hybridized carbons (Fsp3) is 0.0400. The molecule has 0 spiro atoms. The predicted molar refractivity (Wildman–Crippen MR) is 117 cm³/mol. The molecule has 0 atom stereocenters. The maximum atomic E-state index is 4.72. The number of hydrogen-bond donors (Lipinski definition) is 0. The van der Waals surface area contributed by atoms with E-state index in [9.17, 15) is 0 Å². The van der Waals surface area contributed by atoms with Crippen molar-refractivity contribution in [3.63, 3.8) is 0 Å². The van der Waals surface area contributed by atoms with Crippen molar-refractivity contribution >= 4 is 34.0 Å². The summed E-state index contributed by atoms with van der Waals surface area (Å²) in [5, 5.41) is 7.03. The summed E-state index contributed by atoms with van der Waals surface area (Å²) in [6.45, 7) is 0. The summed E-state index contributed by atoms with van der Waals surface area (Å²) in [4.78, 5) is 4.49. The van der Waals surface area contributed by atoms with Gasteiger partial charge in [-0.15, -0.1) is 0 Å². The van der Waals surface area contributed by atoms with Crippen LogP contribution in [0.2, 0.25) is 0 Å². The van der Waals surface area contributed by atoms with E-state index in [4.69, 9.17) is 5.10 Å². The number of aryl methyl sites for hydroxylation is 1. The lowest BCUT2D eigenvalue weighted by Gasteiger charge is -2.07. The molecule has 0 fully saturated rings. The molecule has 0 unspecified atom stereocenters. The second-order valence-corrected chi connectivity index (χ2v) is 6.86. The summed E-state index contributed by atoms with van der Waals surface area (Å²) in [5.41, 5.74) is 6.63. The van der Waals surface area contributed by atoms with Crippen LogP contribution in [0.1, 0.15) is 11.3 Å². The van der Waals surface area contributed by atoms with E-state index in [2.05, 4.69) is 71.7 Å². The zero-order chi connectivity index (χ0) is 18.9. The Bertz CT molecular complexity index is 1310. The smallest absolute Gasteiger partial charge is 0.0930 e. The van der Waals surface area contributed by atoms with Crippen LogP contribution in [0.5, 0.6) is 0 Å². The van der Waals surface area contributed by atoms with E-state index in [-0.39, 0.29) is 0 Å². The molecule has 134 valence electrons. The Morgan fingerprint density at radius 1 is 0.786 bits per heavy atom. The first kappa shape index (κ1) is 16.5. The highest BCUT2D eigenvalue weighted by Crippen LogP contribution is 2.31. The lowest BCUT2D eigenvalue weighted by molar-refractivity contribution is 0.793. The zero-order valence-electron chi connectivity index (χ0n) is 15.6. The van der Waals surface area contributed by atoms with E-state index in [1.54, 1.807) is 0 Å². The van der Waals surface area contributed by atoms with E-state index < -0.39 is 0 Å². The minimum Gasteiger partial charge on any atom is -0.267 e. The van der Waals surface area contributed by atoms with E-state index in [0.29, 0.717) is 0 Å². The Balaban J connectivity index is 1.65. The van der Waals surface area contributed by atoms with Crippen molar-refractivity contribution in [1.29, 1.82) is 0 Å². The number of rotatable bonds is 3. The fourth-order valence-corrected chi connectivity index (χ4v) is 3.67. The molecule has 0 aliphatic carbocycles. The van der Waals surface area contributed by atoms with Crippen LogP contribution in [0.15, 0.2) is 85.1 Å². The minimum absolute atomic E-state index is 0.974. The standard InChI is InChI=1S/C25H19N3/c1-28-25-14-12-19(20-15-16-26-23-10-6-5-9-21(20)23)17-22(25)24(27-28)13-11-18-7-3-2-4-8-18/h2-17H,1H3/b13-11+. The Kier molecular flexibility index (Phi) is 3.99. The number of pyridine rings is 1. The molecule has 0 saturated carbocycles. The topological polar surface area (TPSA) is 30.7 Å². The molecule has 2 heterocycles. The number of aromatic nitrogens is 3. The largest absolute Gasteiger partial charge is 0.267 e. The monoisotopic (exact) mass is 361 g/mol. The molecule has 2 aromatic heterocycles. The molecule has 0 aliphatic rings. The third kappa shape index (κ3) is 2.87. The molecule has 5 rings (SSSR count). The summed E-state index contributed by atoms with van der Waals surface area (Å²) in [6.07, 6.45) is 6.07. The summed E-state index contributed by atoms with van der Waals surface area (Å²) in [7, 11) is 1.99. The van der Waals surface area contributed by atoms with E-state index in [0.717, 1.165) is 33.1 Å². The lowest BCUT2D eigenvalue weighted by atomic mass is 9.99. The molecule has 0 radical (unpaired) electrons. The van der Waals surface area contributed by atoms with Crippen molar-refractivity contribution in [3.8, 4) is 11.1 Å². The summed E-state index contributed by atoms with van der Waals surface area (Å²) in [5.74, 6) is 0. The average molecular weight is 361 g/mol. The first-order valence-corrected chi connectivity index (χ1v) is 9.33. The van der Waals surface area contributed by atoms with E-state index >= 15 is 0 Å². The second kappa shape index (κ2) is 6.78. The summed E-state index contributed by atoms with van der Waals surface area (Å²) >= 11 is 0. The third-order valence-electron chi connectivity index (χ3n) is 5.07. The van der Waals surface area contributed by atoms with Gasteiger partial charge in [0.15, 0.2) is 0 Å². The number of fused-ring (bicyclic) bond motifs is 2. The van der Waals surface area contributed by atoms with E-state index in [1.165, 1.54) is 11.1 Å². The molecule has 0 aliphatic heterocycles. The van der Waals surface area contributed by atoms with Gasteiger partial charge in [0.2, 0.25) is 0 Å². The molecule has 3 nitrogen and oxygen atoms in total. The molecule has 3 heteroatoms. The first-order chi connectivity index (χ1) is 13.8. The van der Waals surface area contributed by atoms with Gasteiger partial charge in [-0.1, -0.05) is 60.7 Å². The Hall–Kier alpha value is -3.72. The molecule has 5 aromatic rings. The van der Waals surface area contributed by atoms with Crippen LogP contribution in [0.3, 0.4) is 0 Å². The molecular weight excluding hydrogens is 342 g/mol. The number of para-hydroxylation sites is 1. The van der Waals surface area contributed by atoms with Crippen LogP contribution >= 0.6 is 0 Å². The van der Waals surface area contributed by atoms with Crippen LogP contribution in [-0.4, -0.2) is 14.8 Å². The maximum Gasteiger partial charge on any atom is 0.0930 e. The number of benzene rings is 3. The van der Waals surface area contributed by atoms with Crippen molar-refractivity contribution in [1.82, 2.24) is 14.8 Å². The van der Waals surface area contributed by atoms with Crippen LogP contribution in [0.25, 0.3) is 45.1 Å². The maximum absolute atomic E-state index is 4.72. The Morgan fingerprint density at radius 3 is 2.50 bits per heavy atom. The van der Waals surface area contributed by atoms with Gasteiger partial charge < -0.3 is 0 Å². The molecule has 0 bridgehead atoms.